The molecule has 0 bridgehead atoms. The molecule has 0 radical (unpaired) electrons. The Morgan fingerprint density at radius 3 is 2.56 bits per heavy atom. The van der Waals surface area contributed by atoms with E-state index in [1.165, 1.54) is 5.56 Å². The minimum Gasteiger partial charge on any atom is -0.333 e. The van der Waals surface area contributed by atoms with E-state index in [2.05, 4.69) is 5.10 Å². The molecule has 1 unspecified atom stereocenters. The summed E-state index contributed by atoms with van der Waals surface area (Å²) in [6, 6.07) is 9.56. The maximum Gasteiger partial charge on any atom is 0.274 e. The van der Waals surface area contributed by atoms with Crippen LogP contribution in [0.25, 0.3) is 11.3 Å². The molecule has 1 aliphatic heterocycles. The Bertz CT molecular complexity index is 885. The van der Waals surface area contributed by atoms with Gasteiger partial charge in [0.05, 0.1) is 17.2 Å². The molecule has 1 fully saturated rings. The lowest BCUT2D eigenvalue weighted by Gasteiger charge is -2.25. The zero-order valence-corrected chi connectivity index (χ0v) is 15.6. The lowest BCUT2D eigenvalue weighted by Crippen LogP contribution is -2.41. The first kappa shape index (κ1) is 17.7. The Morgan fingerprint density at radius 1 is 1.32 bits per heavy atom. The number of sulfone groups is 1. The van der Waals surface area contributed by atoms with E-state index >= 15 is 0 Å². The van der Waals surface area contributed by atoms with E-state index in [9.17, 15) is 13.2 Å². The summed E-state index contributed by atoms with van der Waals surface area (Å²) in [6.45, 7) is 4.36. The standard InChI is InChI=1S/C18H23N3O3S/c1-4-21(15-9-10-25(23,24)12-15)18(22)16-11-17(20(3)19-16)14-7-5-13(2)6-8-14/h5-8,11,15H,4,9-10,12H2,1-3H3. The highest BCUT2D eigenvalue weighted by Gasteiger charge is 2.35. The van der Waals surface area contributed by atoms with E-state index in [-0.39, 0.29) is 23.5 Å². The Balaban J connectivity index is 1.87. The van der Waals surface area contributed by atoms with Gasteiger partial charge in [-0.05, 0) is 31.9 Å². The van der Waals surface area contributed by atoms with Gasteiger partial charge in [-0.25, -0.2) is 8.42 Å². The molecule has 0 aliphatic carbocycles. The van der Waals surface area contributed by atoms with E-state index in [0.717, 1.165) is 11.3 Å². The van der Waals surface area contributed by atoms with Gasteiger partial charge in [-0.1, -0.05) is 29.8 Å². The molecule has 2 heterocycles. The van der Waals surface area contributed by atoms with Crippen LogP contribution in [0.2, 0.25) is 0 Å². The van der Waals surface area contributed by atoms with Crippen molar-refractivity contribution >= 4 is 15.7 Å². The third-order valence-electron chi connectivity index (χ3n) is 4.70. The van der Waals surface area contributed by atoms with Crippen LogP contribution in [0.4, 0.5) is 0 Å². The topological polar surface area (TPSA) is 72.3 Å². The van der Waals surface area contributed by atoms with Gasteiger partial charge < -0.3 is 4.90 Å². The second-order valence-corrected chi connectivity index (χ2v) is 8.78. The second kappa shape index (κ2) is 6.63. The van der Waals surface area contributed by atoms with Crippen LogP contribution in [0.5, 0.6) is 0 Å². The van der Waals surface area contributed by atoms with Gasteiger partial charge in [-0.15, -0.1) is 0 Å². The van der Waals surface area contributed by atoms with E-state index in [0.29, 0.717) is 18.7 Å². The van der Waals surface area contributed by atoms with Gasteiger partial charge in [-0.3, -0.25) is 9.48 Å². The molecule has 2 aromatic rings. The highest BCUT2D eigenvalue weighted by atomic mass is 32.2. The molecule has 1 aromatic carbocycles. The number of hydrogen-bond acceptors (Lipinski definition) is 4. The molecule has 1 aliphatic rings. The highest BCUT2D eigenvalue weighted by molar-refractivity contribution is 7.91. The number of carbonyl (C=O) groups excluding carboxylic acids is 1. The number of amides is 1. The lowest BCUT2D eigenvalue weighted by molar-refractivity contribution is 0.0701. The van der Waals surface area contributed by atoms with Gasteiger partial charge in [0.2, 0.25) is 0 Å². The quantitative estimate of drug-likeness (QED) is 0.835. The second-order valence-electron chi connectivity index (χ2n) is 6.55. The number of nitrogens with zero attached hydrogens (tertiary/aromatic N) is 3. The fourth-order valence-electron chi connectivity index (χ4n) is 3.30. The summed E-state index contributed by atoms with van der Waals surface area (Å²) in [6.07, 6.45) is 0.500. The molecule has 0 saturated carbocycles. The predicted molar refractivity (Wildman–Crippen MR) is 97.2 cm³/mol. The minimum absolute atomic E-state index is 0.0459. The van der Waals surface area contributed by atoms with Gasteiger partial charge in [0.25, 0.3) is 5.91 Å². The first-order valence-corrected chi connectivity index (χ1v) is 10.3. The average Bonchev–Trinajstić information content (AvgIpc) is 3.11. The fraction of sp³-hybridized carbons (Fsp3) is 0.444. The average molecular weight is 361 g/mol. The van der Waals surface area contributed by atoms with E-state index in [1.54, 1.807) is 15.6 Å². The van der Waals surface area contributed by atoms with Crippen molar-refractivity contribution in [2.24, 2.45) is 7.05 Å². The summed E-state index contributed by atoms with van der Waals surface area (Å²) in [5.41, 5.74) is 3.37. The van der Waals surface area contributed by atoms with Crippen LogP contribution >= 0.6 is 0 Å². The van der Waals surface area contributed by atoms with Crippen LogP contribution in [0.3, 0.4) is 0 Å². The first-order chi connectivity index (χ1) is 11.8. The van der Waals surface area contributed by atoms with E-state index in [1.807, 2.05) is 45.2 Å². The summed E-state index contributed by atoms with van der Waals surface area (Å²) < 4.78 is 25.2. The number of aromatic nitrogens is 2. The van der Waals surface area contributed by atoms with Gasteiger partial charge in [-0.2, -0.15) is 5.10 Å². The Hall–Kier alpha value is -2.15. The van der Waals surface area contributed by atoms with Crippen molar-refractivity contribution in [2.45, 2.75) is 26.3 Å². The molecule has 6 nitrogen and oxygen atoms in total. The summed E-state index contributed by atoms with van der Waals surface area (Å²) in [4.78, 5) is 14.5. The van der Waals surface area contributed by atoms with Gasteiger partial charge in [0.1, 0.15) is 0 Å². The zero-order chi connectivity index (χ0) is 18.2. The van der Waals surface area contributed by atoms with Gasteiger partial charge >= 0.3 is 0 Å². The fourth-order valence-corrected chi connectivity index (χ4v) is 5.03. The van der Waals surface area contributed by atoms with Crippen LogP contribution in [0.1, 0.15) is 29.4 Å². The molecular formula is C18H23N3O3S. The molecule has 0 spiro atoms. The summed E-state index contributed by atoms with van der Waals surface area (Å²) in [5, 5.41) is 4.36. The Labute approximate surface area is 148 Å². The summed E-state index contributed by atoms with van der Waals surface area (Å²) >= 11 is 0. The van der Waals surface area contributed by atoms with Crippen LogP contribution in [0, 0.1) is 6.92 Å². The lowest BCUT2D eigenvalue weighted by atomic mass is 10.1. The SMILES string of the molecule is CCN(C(=O)c1cc(-c2ccc(C)cc2)n(C)n1)C1CCS(=O)(=O)C1. The van der Waals surface area contributed by atoms with Crippen molar-refractivity contribution in [3.63, 3.8) is 0 Å². The highest BCUT2D eigenvalue weighted by Crippen LogP contribution is 2.23. The normalized spacial score (nSPS) is 19.1. The maximum absolute atomic E-state index is 12.9. The number of aryl methyl sites for hydroxylation is 2. The van der Waals surface area contributed by atoms with Crippen LogP contribution in [0.15, 0.2) is 30.3 Å². The Kier molecular flexibility index (Phi) is 4.69. The van der Waals surface area contributed by atoms with Crippen LogP contribution in [-0.4, -0.2) is 53.1 Å². The molecule has 1 saturated heterocycles. The molecule has 0 N–H and O–H groups in total. The van der Waals surface area contributed by atoms with Crippen molar-refractivity contribution in [3.05, 3.63) is 41.6 Å². The number of carbonyl (C=O) groups is 1. The molecular weight excluding hydrogens is 338 g/mol. The van der Waals surface area contributed by atoms with Crippen LogP contribution < -0.4 is 0 Å². The number of benzene rings is 1. The molecule has 7 heteroatoms. The number of hydrogen-bond donors (Lipinski definition) is 0. The monoisotopic (exact) mass is 361 g/mol. The van der Waals surface area contributed by atoms with Crippen molar-refractivity contribution in [1.82, 2.24) is 14.7 Å². The zero-order valence-electron chi connectivity index (χ0n) is 14.8. The smallest absolute Gasteiger partial charge is 0.274 e. The van der Waals surface area contributed by atoms with Crippen molar-refractivity contribution in [2.75, 3.05) is 18.1 Å². The van der Waals surface area contributed by atoms with Gasteiger partial charge in [0, 0.05) is 19.6 Å². The molecule has 1 aromatic heterocycles. The molecule has 1 atom stereocenters. The first-order valence-electron chi connectivity index (χ1n) is 8.43. The predicted octanol–water partition coefficient (Wildman–Crippen LogP) is 2.04. The molecule has 25 heavy (non-hydrogen) atoms. The van der Waals surface area contributed by atoms with E-state index < -0.39 is 9.84 Å². The third kappa shape index (κ3) is 3.61. The summed E-state index contributed by atoms with van der Waals surface area (Å²) in [5.74, 6) is -0.0127. The minimum atomic E-state index is -3.04. The van der Waals surface area contributed by atoms with Gasteiger partial charge in [0.15, 0.2) is 15.5 Å². The third-order valence-corrected chi connectivity index (χ3v) is 6.45. The van der Waals surface area contributed by atoms with Crippen molar-refractivity contribution in [3.8, 4) is 11.3 Å². The van der Waals surface area contributed by atoms with E-state index in [4.69, 9.17) is 0 Å². The van der Waals surface area contributed by atoms with Crippen LogP contribution in [-0.2, 0) is 16.9 Å². The maximum atomic E-state index is 12.9. The molecule has 134 valence electrons. The summed E-state index contributed by atoms with van der Waals surface area (Å²) in [7, 11) is -1.23. The van der Waals surface area contributed by atoms with Crippen molar-refractivity contribution < 1.29 is 13.2 Å². The largest absolute Gasteiger partial charge is 0.333 e. The molecule has 1 amide bonds. The Morgan fingerprint density at radius 2 is 2.00 bits per heavy atom. The van der Waals surface area contributed by atoms with Crippen molar-refractivity contribution in [1.29, 1.82) is 0 Å². The number of rotatable bonds is 4. The molecule has 3 rings (SSSR count).